The van der Waals surface area contributed by atoms with E-state index in [1.54, 1.807) is 6.08 Å². The zero-order chi connectivity index (χ0) is 87.9. The minimum absolute atomic E-state index is 0.168. The highest BCUT2D eigenvalue weighted by atomic mass is 16.8. The minimum Gasteiger partial charge on any atom is -0.394 e. The molecule has 0 aromatic carbocycles. The molecule has 0 saturated carbocycles. The van der Waals surface area contributed by atoms with Crippen molar-refractivity contribution in [1.82, 2.24) is 16.0 Å². The number of carbonyl (C=O) groups excluding carboxylic acids is 3. The van der Waals surface area contributed by atoms with Crippen molar-refractivity contribution in [2.75, 3.05) is 46.2 Å². The van der Waals surface area contributed by atoms with Crippen molar-refractivity contribution >= 4 is 17.7 Å². The molecule has 7 saturated heterocycles. The van der Waals surface area contributed by atoms with Crippen LogP contribution in [-0.2, 0) is 80.7 Å². The third-order valence-electron chi connectivity index (χ3n) is 23.3. The highest BCUT2D eigenvalue weighted by molar-refractivity contribution is 5.76. The smallest absolute Gasteiger partial charge is 0.220 e. The lowest BCUT2D eigenvalue weighted by Crippen LogP contribution is -2.71. The molecular weight excluding hydrogens is 1590 g/mol. The first-order valence-electron chi connectivity index (χ1n) is 43.3. The summed E-state index contributed by atoms with van der Waals surface area (Å²) >= 11 is 0. The van der Waals surface area contributed by atoms with Gasteiger partial charge in [-0.05, 0) is 26.2 Å². The van der Waals surface area contributed by atoms with Crippen molar-refractivity contribution in [2.45, 2.75) is 429 Å². The van der Waals surface area contributed by atoms with E-state index in [0.717, 1.165) is 65.2 Å². The summed E-state index contributed by atoms with van der Waals surface area (Å²) in [6.07, 6.45) is -34.3. The predicted octanol–water partition coefficient (Wildman–Crippen LogP) is -4.35. The first-order valence-corrected chi connectivity index (χ1v) is 43.3. The Morgan fingerprint density at radius 2 is 0.675 bits per heavy atom. The van der Waals surface area contributed by atoms with Gasteiger partial charge in [-0.1, -0.05) is 167 Å². The van der Waals surface area contributed by atoms with E-state index >= 15 is 0 Å². The molecule has 7 aliphatic rings. The standard InChI is InChI=1S/C80H143N3O37/c1-6-8-10-12-14-16-18-20-22-24-26-28-30-32-45(92)44(83-52(93)33-31-29-27-25-23-21-19-17-15-13-11-9-7-2)40-107-76-65(104)61(100)69(49(37-87)113-76)116-79-66(105)62(101)68(50(38-88)114-79)115-74-53(81-42(4)90)71(57(96)47(35-85)109-74)118-80-67(106)73(58(97)48(36-86)111-80)120-75-54(82-43(5)91)72(119-77-63(102)59(98)55(94)41(3)108-77)70(51(39-89)112-75)117-78-64(103)60(99)56(95)46(34-84)110-78/h30,32,41,44-51,53-80,84-89,92,94-106H,6-29,31,33-40H2,1-5H3,(H,81,90)(H,82,91)(H,83,93)/b32-30+/t41?,44-,45+,46?,47?,48?,49?,50?,51?,53?,54?,55+,56-,57-,58-,59?,60-,61+,62+,63-,64?,65?,66?,67?,68-,69+,70+,71+,72+,73-,74-,75-,76+,77+,78-,79-,80-/m0/s1. The molecule has 7 aliphatic heterocycles. The van der Waals surface area contributed by atoms with Gasteiger partial charge in [0.2, 0.25) is 17.7 Å². The number of ether oxygens (including phenoxy) is 14. The lowest BCUT2D eigenvalue weighted by Gasteiger charge is -2.52. The maximum atomic E-state index is 13.5. The third-order valence-corrected chi connectivity index (χ3v) is 23.3. The zero-order valence-corrected chi connectivity index (χ0v) is 69.7. The van der Waals surface area contributed by atoms with E-state index in [4.69, 9.17) is 66.3 Å². The fourth-order valence-electron chi connectivity index (χ4n) is 16.2. The summed E-state index contributed by atoms with van der Waals surface area (Å²) in [6.45, 7) is 0.949. The number of hydrogen-bond donors (Lipinski definition) is 23. The highest BCUT2D eigenvalue weighted by Crippen LogP contribution is 2.40. The molecule has 37 atom stereocenters. The van der Waals surface area contributed by atoms with Gasteiger partial charge in [-0.2, -0.15) is 0 Å². The topological polar surface area (TPSA) is 621 Å². The Bertz CT molecular complexity index is 2870. The molecule has 23 N–H and O–H groups in total. The van der Waals surface area contributed by atoms with Crippen molar-refractivity contribution in [1.29, 1.82) is 0 Å². The summed E-state index contributed by atoms with van der Waals surface area (Å²) in [5.74, 6) is -2.17. The molecule has 0 aromatic heterocycles. The first kappa shape index (κ1) is 104. The monoisotopic (exact) mass is 1740 g/mol. The summed E-state index contributed by atoms with van der Waals surface area (Å²) in [5.41, 5.74) is 0. The molecule has 7 heterocycles. The molecule has 40 nitrogen and oxygen atoms in total. The molecule has 0 aliphatic carbocycles. The van der Waals surface area contributed by atoms with Crippen LogP contribution in [0.25, 0.3) is 0 Å². The summed E-state index contributed by atoms with van der Waals surface area (Å²) in [4.78, 5) is 40.0. The fourth-order valence-corrected chi connectivity index (χ4v) is 16.2. The van der Waals surface area contributed by atoms with Gasteiger partial charge in [0.25, 0.3) is 0 Å². The van der Waals surface area contributed by atoms with Crippen LogP contribution < -0.4 is 16.0 Å². The Morgan fingerprint density at radius 3 is 1.16 bits per heavy atom. The molecule has 14 unspecified atom stereocenters. The summed E-state index contributed by atoms with van der Waals surface area (Å²) in [7, 11) is 0. The van der Waals surface area contributed by atoms with Crippen LogP contribution >= 0.6 is 0 Å². The number of aliphatic hydroxyl groups is 20. The van der Waals surface area contributed by atoms with Crippen LogP contribution in [0.5, 0.6) is 0 Å². The number of rotatable bonds is 52. The molecule has 3 amide bonds. The molecule has 700 valence electrons. The van der Waals surface area contributed by atoms with Crippen molar-refractivity contribution in [2.24, 2.45) is 0 Å². The van der Waals surface area contributed by atoms with Crippen molar-refractivity contribution < 1.29 is 183 Å². The molecule has 0 bridgehead atoms. The fraction of sp³-hybridized carbons (Fsp3) is 0.938. The van der Waals surface area contributed by atoms with Crippen LogP contribution in [0.1, 0.15) is 202 Å². The van der Waals surface area contributed by atoms with Crippen LogP contribution in [-0.4, -0.2) is 393 Å². The van der Waals surface area contributed by atoms with E-state index in [-0.39, 0.29) is 12.3 Å². The van der Waals surface area contributed by atoms with Crippen LogP contribution in [0.4, 0.5) is 0 Å². The molecule has 0 radical (unpaired) electrons. The van der Waals surface area contributed by atoms with E-state index in [2.05, 4.69) is 29.8 Å². The summed E-state index contributed by atoms with van der Waals surface area (Å²) in [5, 5.41) is 232. The van der Waals surface area contributed by atoms with E-state index in [0.29, 0.717) is 12.8 Å². The normalized spacial score (nSPS) is 39.4. The summed E-state index contributed by atoms with van der Waals surface area (Å²) < 4.78 is 84.1. The van der Waals surface area contributed by atoms with E-state index in [1.165, 1.54) is 103 Å². The van der Waals surface area contributed by atoms with Crippen LogP contribution in [0.2, 0.25) is 0 Å². The number of amides is 3. The molecular formula is C80H143N3O37. The summed E-state index contributed by atoms with van der Waals surface area (Å²) in [6, 6.07) is -4.84. The van der Waals surface area contributed by atoms with Gasteiger partial charge in [-0.3, -0.25) is 14.4 Å². The lowest BCUT2D eigenvalue weighted by molar-refractivity contribution is -0.392. The van der Waals surface area contributed by atoms with Crippen molar-refractivity contribution in [3.63, 3.8) is 0 Å². The Morgan fingerprint density at radius 1 is 0.342 bits per heavy atom. The molecule has 7 rings (SSSR count). The number of aliphatic hydroxyl groups excluding tert-OH is 20. The number of unbranched alkanes of at least 4 members (excludes halogenated alkanes) is 23. The average Bonchev–Trinajstić information content (AvgIpc) is 0.761. The van der Waals surface area contributed by atoms with Gasteiger partial charge >= 0.3 is 0 Å². The van der Waals surface area contributed by atoms with Gasteiger partial charge in [-0.15, -0.1) is 0 Å². The zero-order valence-electron chi connectivity index (χ0n) is 69.7. The number of hydrogen-bond acceptors (Lipinski definition) is 37. The second-order valence-electron chi connectivity index (χ2n) is 32.7. The van der Waals surface area contributed by atoms with E-state index < -0.39 is 285 Å². The van der Waals surface area contributed by atoms with E-state index in [9.17, 15) is 117 Å². The quantitative estimate of drug-likeness (QED) is 0.0202. The SMILES string of the molecule is CCCCCCCCCCCCC/C=C/[C@@H](O)[C@H](CO[C@@H]1OC(CO)[C@@H](O[C@@H]2OC(CO)[C@H](O[C@@H]3OC(CO)[C@H](O)[C@H](O[C@@H]4OC(CO)[C@H](O)[C@H](O[C@@H]5OC(CO)[C@@H](O[C@@H]6OC(CO)[C@H](O)[C@H](O)C6O)[C@H](O[C@H]6OC(C)[C@@H](O)C(O)[C@@H]6O)C5NC(C)=O)C4O)C3NC(C)=O)[C@H](O)C2O)[C@H](O)C1O)NC(=O)CCCCCCCCCCCCCCC. The van der Waals surface area contributed by atoms with Gasteiger partial charge in [0.15, 0.2) is 44.0 Å². The second kappa shape index (κ2) is 53.6. The number of carbonyl (C=O) groups is 3. The molecule has 7 fully saturated rings. The maximum absolute atomic E-state index is 13.5. The third kappa shape index (κ3) is 29.7. The minimum atomic E-state index is -2.37. The Kier molecular flexibility index (Phi) is 46.3. The Balaban J connectivity index is 1.03. The van der Waals surface area contributed by atoms with Gasteiger partial charge < -0.3 is 184 Å². The average molecular weight is 1740 g/mol. The predicted molar refractivity (Wildman–Crippen MR) is 416 cm³/mol. The molecule has 0 spiro atoms. The largest absolute Gasteiger partial charge is 0.394 e. The van der Waals surface area contributed by atoms with Crippen molar-refractivity contribution in [3.8, 4) is 0 Å². The Labute approximate surface area is 700 Å². The maximum Gasteiger partial charge on any atom is 0.220 e. The van der Waals surface area contributed by atoms with Gasteiger partial charge in [0.1, 0.15) is 165 Å². The van der Waals surface area contributed by atoms with Crippen LogP contribution in [0, 0.1) is 0 Å². The van der Waals surface area contributed by atoms with Gasteiger partial charge in [0.05, 0.1) is 64.5 Å². The van der Waals surface area contributed by atoms with Crippen LogP contribution in [0.3, 0.4) is 0 Å². The van der Waals surface area contributed by atoms with Crippen LogP contribution in [0.15, 0.2) is 12.2 Å². The highest BCUT2D eigenvalue weighted by Gasteiger charge is 2.60. The first-order chi connectivity index (χ1) is 57.5. The number of allylic oxidation sites excluding steroid dienone is 1. The van der Waals surface area contributed by atoms with E-state index in [1.807, 2.05) is 6.08 Å². The van der Waals surface area contributed by atoms with Gasteiger partial charge in [0, 0.05) is 20.3 Å². The van der Waals surface area contributed by atoms with Gasteiger partial charge in [-0.25, -0.2) is 0 Å². The second-order valence-corrected chi connectivity index (χ2v) is 32.7. The number of nitrogens with one attached hydrogen (secondary N) is 3. The lowest BCUT2D eigenvalue weighted by atomic mass is 9.93. The molecule has 120 heavy (non-hydrogen) atoms. The molecule has 0 aromatic rings. The van der Waals surface area contributed by atoms with Crippen molar-refractivity contribution in [3.05, 3.63) is 12.2 Å². The molecule has 40 heteroatoms. The Hall–Kier alpha value is -3.21.